The molecule has 200 valence electrons. The number of rotatable bonds is 7. The highest BCUT2D eigenvalue weighted by molar-refractivity contribution is 6.37. The summed E-state index contributed by atoms with van der Waals surface area (Å²) in [5, 5.41) is 15.4. The van der Waals surface area contributed by atoms with E-state index < -0.39 is 5.97 Å². The maximum Gasteiger partial charge on any atom is 0.337 e. The lowest BCUT2D eigenvalue weighted by Gasteiger charge is -2.34. The second-order valence-corrected chi connectivity index (χ2v) is 9.38. The van der Waals surface area contributed by atoms with Crippen LogP contribution in [-0.4, -0.2) is 79.1 Å². The molecule has 3 aromatic rings. The van der Waals surface area contributed by atoms with E-state index in [-0.39, 0.29) is 18.4 Å². The molecular weight excluding hydrogens is 496 g/mol. The molecule has 0 saturated carbocycles. The van der Waals surface area contributed by atoms with Crippen LogP contribution in [0, 0.1) is 0 Å². The van der Waals surface area contributed by atoms with Gasteiger partial charge in [-0.15, -0.1) is 0 Å². The van der Waals surface area contributed by atoms with Crippen LogP contribution in [0.25, 0.3) is 11.3 Å². The summed E-state index contributed by atoms with van der Waals surface area (Å²) in [6.45, 7) is 3.46. The van der Waals surface area contributed by atoms with E-state index in [2.05, 4.69) is 15.5 Å². The number of methoxy groups -OCH3 is 1. The molecule has 0 bridgehead atoms. The molecule has 3 aromatic carbocycles. The molecule has 0 radical (unpaired) electrons. The number of aliphatic hydroxyl groups is 1. The molecule has 0 aliphatic carbocycles. The van der Waals surface area contributed by atoms with Crippen LogP contribution >= 0.6 is 0 Å². The smallest absolute Gasteiger partial charge is 0.337 e. The fraction of sp³-hybridized carbons (Fsp3) is 0.233. The Kier molecular flexibility index (Phi) is 7.72. The lowest BCUT2D eigenvalue weighted by molar-refractivity contribution is -0.110. The minimum Gasteiger partial charge on any atom is -0.465 e. The fourth-order valence-electron chi connectivity index (χ4n) is 4.89. The number of β-amino-alcohol motifs (C(OH)–C–C–N with tert-alkyl or cyclic N) is 1. The highest BCUT2D eigenvalue weighted by Crippen LogP contribution is 2.38. The number of carbonyl (C=O) groups excluding carboxylic acids is 3. The number of carbonyl (C=O) groups is 3. The maximum atomic E-state index is 13.2. The van der Waals surface area contributed by atoms with Gasteiger partial charge in [0.25, 0.3) is 11.8 Å². The van der Waals surface area contributed by atoms with Crippen molar-refractivity contribution >= 4 is 40.4 Å². The van der Waals surface area contributed by atoms with Crippen molar-refractivity contribution in [2.75, 3.05) is 57.1 Å². The van der Waals surface area contributed by atoms with E-state index >= 15 is 0 Å². The Hall–Kier alpha value is -4.47. The molecule has 0 aromatic heterocycles. The van der Waals surface area contributed by atoms with Gasteiger partial charge in [0.1, 0.15) is 0 Å². The number of ether oxygens (including phenoxy) is 1. The summed E-state index contributed by atoms with van der Waals surface area (Å²) in [5.41, 5.74) is 4.74. The van der Waals surface area contributed by atoms with Gasteiger partial charge < -0.3 is 25.4 Å². The summed E-state index contributed by atoms with van der Waals surface area (Å²) in [5.74, 6) is -0.796. The zero-order chi connectivity index (χ0) is 27.4. The second-order valence-electron chi connectivity index (χ2n) is 9.38. The predicted molar refractivity (Wildman–Crippen MR) is 149 cm³/mol. The maximum absolute atomic E-state index is 13.2. The van der Waals surface area contributed by atoms with Gasteiger partial charge in [0.2, 0.25) is 0 Å². The molecule has 5 rings (SSSR count). The molecule has 2 amide bonds. The quantitative estimate of drug-likeness (QED) is 0.320. The molecular formula is C30H30N4O5. The minimum atomic E-state index is -0.479. The van der Waals surface area contributed by atoms with Crippen molar-refractivity contribution in [2.45, 2.75) is 0 Å². The molecule has 1 saturated heterocycles. The summed E-state index contributed by atoms with van der Waals surface area (Å²) in [7, 11) is 1.31. The van der Waals surface area contributed by atoms with E-state index in [1.54, 1.807) is 30.3 Å². The number of nitrogens with one attached hydrogen (secondary N) is 2. The topological polar surface area (TPSA) is 111 Å². The summed E-state index contributed by atoms with van der Waals surface area (Å²) in [6.07, 6.45) is 0. The molecule has 9 nitrogen and oxygen atoms in total. The van der Waals surface area contributed by atoms with Crippen molar-refractivity contribution in [1.29, 1.82) is 0 Å². The number of esters is 1. The van der Waals surface area contributed by atoms with Crippen molar-refractivity contribution in [3.8, 4) is 0 Å². The molecule has 2 heterocycles. The van der Waals surface area contributed by atoms with E-state index in [4.69, 9.17) is 9.84 Å². The van der Waals surface area contributed by atoms with Crippen LogP contribution in [0.3, 0.4) is 0 Å². The lowest BCUT2D eigenvalue weighted by atomic mass is 9.99. The number of amides is 2. The molecule has 1 fully saturated rings. The highest BCUT2D eigenvalue weighted by Gasteiger charge is 2.29. The number of aliphatic hydroxyl groups excluding tert-OH is 1. The SMILES string of the molecule is COC(=O)c1ccc2c(c1)NC(=O)/C2=C(\Nc1ccc(C(=O)N2CCN(CCO)CC2)cc1)c1ccccc1. The van der Waals surface area contributed by atoms with Crippen molar-refractivity contribution in [3.63, 3.8) is 0 Å². The van der Waals surface area contributed by atoms with Gasteiger partial charge in [-0.25, -0.2) is 4.79 Å². The summed E-state index contributed by atoms with van der Waals surface area (Å²) in [6, 6.07) is 21.7. The number of hydrogen-bond donors (Lipinski definition) is 3. The van der Waals surface area contributed by atoms with E-state index in [1.807, 2.05) is 47.4 Å². The van der Waals surface area contributed by atoms with Gasteiger partial charge in [0, 0.05) is 49.5 Å². The summed E-state index contributed by atoms with van der Waals surface area (Å²) >= 11 is 0. The Bertz CT molecular complexity index is 1410. The van der Waals surface area contributed by atoms with Gasteiger partial charge in [0.05, 0.1) is 36.2 Å². The number of fused-ring (bicyclic) bond motifs is 1. The number of hydrogen-bond acceptors (Lipinski definition) is 7. The van der Waals surface area contributed by atoms with Gasteiger partial charge >= 0.3 is 5.97 Å². The third kappa shape index (κ3) is 5.55. The Morgan fingerprint density at radius 1 is 0.923 bits per heavy atom. The number of anilines is 2. The van der Waals surface area contributed by atoms with Crippen LogP contribution in [0.2, 0.25) is 0 Å². The van der Waals surface area contributed by atoms with Crippen molar-refractivity contribution < 1.29 is 24.2 Å². The van der Waals surface area contributed by atoms with Gasteiger partial charge in [-0.1, -0.05) is 36.4 Å². The Morgan fingerprint density at radius 3 is 2.28 bits per heavy atom. The third-order valence-corrected chi connectivity index (χ3v) is 6.97. The average Bonchev–Trinajstić information content (AvgIpc) is 3.31. The predicted octanol–water partition coefficient (Wildman–Crippen LogP) is 3.16. The monoisotopic (exact) mass is 526 g/mol. The van der Waals surface area contributed by atoms with E-state index in [9.17, 15) is 14.4 Å². The number of benzene rings is 3. The van der Waals surface area contributed by atoms with Crippen LogP contribution in [0.5, 0.6) is 0 Å². The van der Waals surface area contributed by atoms with Crippen LogP contribution in [0.4, 0.5) is 11.4 Å². The normalized spacial score (nSPS) is 16.4. The zero-order valence-electron chi connectivity index (χ0n) is 21.6. The van der Waals surface area contributed by atoms with Gasteiger partial charge in [-0.05, 0) is 42.0 Å². The molecule has 0 atom stereocenters. The Morgan fingerprint density at radius 2 is 1.62 bits per heavy atom. The second kappa shape index (κ2) is 11.5. The Balaban J connectivity index is 1.42. The summed E-state index contributed by atoms with van der Waals surface area (Å²) < 4.78 is 4.81. The zero-order valence-corrected chi connectivity index (χ0v) is 21.6. The first-order valence-corrected chi connectivity index (χ1v) is 12.8. The number of piperazine rings is 1. The highest BCUT2D eigenvalue weighted by atomic mass is 16.5. The van der Waals surface area contributed by atoms with E-state index in [0.717, 1.165) is 24.3 Å². The average molecular weight is 527 g/mol. The first-order chi connectivity index (χ1) is 19.0. The van der Waals surface area contributed by atoms with Gasteiger partial charge in [-0.3, -0.25) is 14.5 Å². The van der Waals surface area contributed by atoms with Gasteiger partial charge in [-0.2, -0.15) is 0 Å². The van der Waals surface area contributed by atoms with Crippen LogP contribution in [-0.2, 0) is 9.53 Å². The van der Waals surface area contributed by atoms with E-state index in [1.165, 1.54) is 7.11 Å². The fourth-order valence-corrected chi connectivity index (χ4v) is 4.89. The van der Waals surface area contributed by atoms with Crippen LogP contribution in [0.1, 0.15) is 31.8 Å². The molecule has 0 unspecified atom stereocenters. The first-order valence-electron chi connectivity index (χ1n) is 12.8. The molecule has 2 aliphatic heterocycles. The van der Waals surface area contributed by atoms with Crippen LogP contribution < -0.4 is 10.6 Å². The van der Waals surface area contributed by atoms with Crippen molar-refractivity contribution in [3.05, 3.63) is 95.1 Å². The standard InChI is InChI=1S/C30H30N4O5/c1-39-30(38)22-9-12-24-25(19-22)32-28(36)26(24)27(20-5-3-2-4-6-20)31-23-10-7-21(8-11-23)29(37)34-15-13-33(14-16-34)17-18-35/h2-12,19,31,35H,13-18H2,1H3,(H,32,36)/b27-26-. The first kappa shape index (κ1) is 26.1. The van der Waals surface area contributed by atoms with Crippen molar-refractivity contribution in [1.82, 2.24) is 9.80 Å². The van der Waals surface area contributed by atoms with Crippen LogP contribution in [0.15, 0.2) is 72.8 Å². The molecule has 9 heteroatoms. The Labute approximate surface area is 226 Å². The summed E-state index contributed by atoms with van der Waals surface area (Å²) in [4.78, 5) is 42.2. The lowest BCUT2D eigenvalue weighted by Crippen LogP contribution is -2.49. The minimum absolute atomic E-state index is 0.0302. The molecule has 39 heavy (non-hydrogen) atoms. The molecule has 3 N–H and O–H groups in total. The molecule has 2 aliphatic rings. The number of nitrogens with zero attached hydrogens (tertiary/aromatic N) is 2. The van der Waals surface area contributed by atoms with E-state index in [0.29, 0.717) is 53.3 Å². The third-order valence-electron chi connectivity index (χ3n) is 6.97. The van der Waals surface area contributed by atoms with Crippen molar-refractivity contribution in [2.24, 2.45) is 0 Å². The van der Waals surface area contributed by atoms with Gasteiger partial charge in [0.15, 0.2) is 0 Å². The largest absolute Gasteiger partial charge is 0.465 e. The molecule has 0 spiro atoms.